The summed E-state index contributed by atoms with van der Waals surface area (Å²) in [6.45, 7) is 9.72. The predicted octanol–water partition coefficient (Wildman–Crippen LogP) is 15.0. The van der Waals surface area contributed by atoms with Crippen molar-refractivity contribution >= 4 is 77.9 Å². The molecule has 0 spiro atoms. The Bertz CT molecular complexity index is 4280. The zero-order chi connectivity index (χ0) is 51.3. The van der Waals surface area contributed by atoms with Crippen LogP contribution in [-0.2, 0) is 6.54 Å². The Kier molecular flexibility index (Phi) is 12.1. The highest BCUT2D eigenvalue weighted by Gasteiger charge is 2.21. The average Bonchev–Trinajstić information content (AvgIpc) is 4.37. The predicted molar refractivity (Wildman–Crippen MR) is 304 cm³/mol. The summed E-state index contributed by atoms with van der Waals surface area (Å²) in [6, 6.07) is 41.3. The van der Waals surface area contributed by atoms with Gasteiger partial charge in [-0.15, -0.1) is 22.7 Å². The molecule has 5 N–H and O–H groups in total. The molecule has 13 aromatic rings. The molecular formula is C60H46F2N12S2. The molecule has 0 bridgehead atoms. The summed E-state index contributed by atoms with van der Waals surface area (Å²) < 4.78 is 27.4. The Labute approximate surface area is 442 Å². The van der Waals surface area contributed by atoms with Crippen molar-refractivity contribution in [1.82, 2.24) is 55.2 Å². The number of aromatic nitrogens is 10. The van der Waals surface area contributed by atoms with Crippen molar-refractivity contribution in [3.63, 3.8) is 0 Å². The minimum absolute atomic E-state index is 0.199. The van der Waals surface area contributed by atoms with Crippen molar-refractivity contribution in [2.75, 3.05) is 18.4 Å². The molecule has 14 rings (SSSR count). The molecule has 11 heterocycles. The van der Waals surface area contributed by atoms with Crippen LogP contribution in [0, 0.1) is 16.2 Å². The topological polar surface area (TPSA) is 156 Å². The molecule has 1 atom stereocenters. The highest BCUT2D eigenvalue weighted by atomic mass is 32.1. The SMILES string of the molecule is C=C(Nc1cncc(-c2ccc3[nH]nc(-c4cc5c(-c6ccc(F)s6)ccnc5[nH]4)c3c2)c1)c1ccccc1.CC1CCN(Cc2cncc(-c3ccc4[nH]nc(-c5cc6c(-c7ccc(F)s7)ccnc6[nH]5)c4c3)c2)C1. The first-order valence-electron chi connectivity index (χ1n) is 24.8. The van der Waals surface area contributed by atoms with E-state index in [-0.39, 0.29) is 10.3 Å². The lowest BCUT2D eigenvalue weighted by Crippen LogP contribution is -2.19. The fourth-order valence-corrected chi connectivity index (χ4v) is 11.7. The standard InChI is InChI=1S/C31H21FN6S.C29H25FN6S/c1-18(19-5-3-2-4-6-19)35-22-13-21(16-33-17-22)20-7-8-26-25(14-20)30(38-37-26)27-15-24-23(11-12-34-31(24)36-27)28-9-10-29(32)39-28;1-17-7-9-36(15-17)16-18-10-20(14-31-13-18)19-2-3-24-23(11-19)28(35-34-24)25-12-22-21(6-8-32-29(22)33-25)26-4-5-27(30)37-26/h2-17,35H,1H2,(H,34,36)(H,37,38);2-6,8,10-14,17H,7,9,15-16H2,1H3,(H,32,33)(H,34,35). The number of aromatic amines is 4. The lowest BCUT2D eigenvalue weighted by molar-refractivity contribution is 0.320. The van der Waals surface area contributed by atoms with Crippen LogP contribution in [0.5, 0.6) is 0 Å². The van der Waals surface area contributed by atoms with E-state index in [4.69, 9.17) is 0 Å². The van der Waals surface area contributed by atoms with E-state index in [9.17, 15) is 8.78 Å². The number of benzene rings is 3. The molecule has 1 fully saturated rings. The average molecular weight is 1040 g/mol. The summed E-state index contributed by atoms with van der Waals surface area (Å²) >= 11 is 2.26. The van der Waals surface area contributed by atoms with Crippen LogP contribution >= 0.6 is 22.7 Å². The molecule has 12 nitrogen and oxygen atoms in total. The Morgan fingerprint density at radius 1 is 0.632 bits per heavy atom. The third-order valence-electron chi connectivity index (χ3n) is 13.9. The number of thiophene rings is 2. The summed E-state index contributed by atoms with van der Waals surface area (Å²) in [5.74, 6) is 0.764. The quantitative estimate of drug-likeness (QED) is 0.0857. The molecule has 0 amide bonds. The van der Waals surface area contributed by atoms with Crippen LogP contribution < -0.4 is 5.32 Å². The molecule has 0 saturated carbocycles. The Balaban J connectivity index is 0.000000146. The first-order valence-corrected chi connectivity index (χ1v) is 26.4. The summed E-state index contributed by atoms with van der Waals surface area (Å²) in [7, 11) is 0. The molecule has 1 unspecified atom stereocenters. The molecule has 16 heteroatoms. The molecule has 10 aromatic heterocycles. The van der Waals surface area contributed by atoms with Crippen molar-refractivity contribution < 1.29 is 8.78 Å². The molecule has 1 aliphatic rings. The van der Waals surface area contributed by atoms with Crippen LogP contribution in [0.4, 0.5) is 14.5 Å². The van der Waals surface area contributed by atoms with Crippen LogP contribution in [0.15, 0.2) is 171 Å². The number of halogens is 2. The number of pyridine rings is 4. The number of anilines is 1. The molecule has 3 aromatic carbocycles. The van der Waals surface area contributed by atoms with Crippen LogP contribution in [0.3, 0.4) is 0 Å². The largest absolute Gasteiger partial charge is 0.354 e. The second kappa shape index (κ2) is 19.7. The third kappa shape index (κ3) is 9.23. The summed E-state index contributed by atoms with van der Waals surface area (Å²) in [5, 5.41) is 22.3. The van der Waals surface area contributed by atoms with Crippen molar-refractivity contribution in [1.29, 1.82) is 0 Å². The van der Waals surface area contributed by atoms with Crippen LogP contribution in [0.1, 0.15) is 24.5 Å². The second-order valence-corrected chi connectivity index (χ2v) is 21.2. The molecule has 76 heavy (non-hydrogen) atoms. The Morgan fingerprint density at radius 3 is 1.76 bits per heavy atom. The van der Waals surface area contributed by atoms with E-state index in [1.807, 2.05) is 85.3 Å². The fraction of sp³-hybridized carbons (Fsp3) is 0.100. The van der Waals surface area contributed by atoms with Gasteiger partial charge in [0.05, 0.1) is 34.3 Å². The van der Waals surface area contributed by atoms with Crippen molar-refractivity contribution in [2.24, 2.45) is 5.92 Å². The van der Waals surface area contributed by atoms with Gasteiger partial charge in [-0.1, -0.05) is 56.0 Å². The smallest absolute Gasteiger partial charge is 0.176 e. The van der Waals surface area contributed by atoms with Crippen molar-refractivity contribution in [3.05, 3.63) is 193 Å². The number of nitrogens with zero attached hydrogens (tertiary/aromatic N) is 7. The van der Waals surface area contributed by atoms with Gasteiger partial charge < -0.3 is 15.3 Å². The minimum atomic E-state index is -0.213. The zero-order valence-corrected chi connectivity index (χ0v) is 42.5. The third-order valence-corrected chi connectivity index (χ3v) is 15.7. The van der Waals surface area contributed by atoms with Crippen molar-refractivity contribution in [3.8, 4) is 65.9 Å². The Hall–Kier alpha value is -8.96. The number of rotatable bonds is 11. The van der Waals surface area contributed by atoms with Gasteiger partial charge in [0.1, 0.15) is 22.7 Å². The van der Waals surface area contributed by atoms with E-state index in [0.29, 0.717) is 0 Å². The molecular weight excluding hydrogens is 991 g/mol. The molecule has 1 saturated heterocycles. The second-order valence-electron chi connectivity index (χ2n) is 19.1. The maximum atomic E-state index is 13.7. The summed E-state index contributed by atoms with van der Waals surface area (Å²) in [4.78, 5) is 29.1. The molecule has 372 valence electrons. The minimum Gasteiger partial charge on any atom is -0.354 e. The van der Waals surface area contributed by atoms with Gasteiger partial charge in [-0.2, -0.15) is 19.0 Å². The number of likely N-dealkylation sites (tertiary alicyclic amines) is 1. The Morgan fingerprint density at radius 2 is 1.21 bits per heavy atom. The monoisotopic (exact) mass is 1040 g/mol. The normalized spacial score (nSPS) is 13.8. The molecule has 0 radical (unpaired) electrons. The fourth-order valence-electron chi connectivity index (χ4n) is 10.2. The van der Waals surface area contributed by atoms with Gasteiger partial charge in [-0.3, -0.25) is 25.1 Å². The maximum Gasteiger partial charge on any atom is 0.176 e. The van der Waals surface area contributed by atoms with Gasteiger partial charge in [-0.25, -0.2) is 9.97 Å². The van der Waals surface area contributed by atoms with E-state index < -0.39 is 0 Å². The van der Waals surface area contributed by atoms with E-state index in [1.165, 1.54) is 24.1 Å². The lowest BCUT2D eigenvalue weighted by Gasteiger charge is -2.15. The van der Waals surface area contributed by atoms with Crippen LogP contribution in [0.25, 0.3) is 115 Å². The van der Waals surface area contributed by atoms with Gasteiger partial charge >= 0.3 is 0 Å². The van der Waals surface area contributed by atoms with Crippen molar-refractivity contribution in [2.45, 2.75) is 19.9 Å². The summed E-state index contributed by atoms with van der Waals surface area (Å²) in [5.41, 5.74) is 16.6. The number of fused-ring (bicyclic) bond motifs is 4. The van der Waals surface area contributed by atoms with Gasteiger partial charge in [-0.05, 0) is 126 Å². The van der Waals surface area contributed by atoms with Crippen LogP contribution in [-0.4, -0.2) is 68.3 Å². The summed E-state index contributed by atoms with van der Waals surface area (Å²) in [6.07, 6.45) is 12.3. The maximum absolute atomic E-state index is 13.7. The van der Waals surface area contributed by atoms with E-state index in [2.05, 4.69) is 116 Å². The van der Waals surface area contributed by atoms with Gasteiger partial charge in [0.15, 0.2) is 10.3 Å². The number of H-pyrrole nitrogens is 4. The van der Waals surface area contributed by atoms with Crippen LogP contribution in [0.2, 0.25) is 0 Å². The van der Waals surface area contributed by atoms with E-state index in [0.717, 1.165) is 175 Å². The zero-order valence-electron chi connectivity index (χ0n) is 40.9. The van der Waals surface area contributed by atoms with Gasteiger partial charge in [0.2, 0.25) is 0 Å². The highest BCUT2D eigenvalue weighted by Crippen LogP contribution is 2.39. The highest BCUT2D eigenvalue weighted by molar-refractivity contribution is 7.14. The van der Waals surface area contributed by atoms with E-state index in [1.54, 1.807) is 24.7 Å². The first-order chi connectivity index (χ1) is 37.2. The molecule has 0 aliphatic carbocycles. The van der Waals surface area contributed by atoms with Gasteiger partial charge in [0, 0.05) is 103 Å². The number of hydrogen-bond donors (Lipinski definition) is 5. The van der Waals surface area contributed by atoms with E-state index >= 15 is 0 Å². The van der Waals surface area contributed by atoms with Gasteiger partial charge in [0.25, 0.3) is 0 Å². The number of nitrogens with one attached hydrogen (secondary N) is 5. The number of hydrogen-bond acceptors (Lipinski definition) is 10. The first kappa shape index (κ1) is 46.8. The molecule has 1 aliphatic heterocycles. The lowest BCUT2D eigenvalue weighted by atomic mass is 10.0.